The number of hydrogen-bond acceptors (Lipinski definition) is 4. The predicted octanol–water partition coefficient (Wildman–Crippen LogP) is 1.94. The molecule has 0 radical (unpaired) electrons. The monoisotopic (exact) mass is 310 g/mol. The van der Waals surface area contributed by atoms with Crippen LogP contribution in [0.25, 0.3) is 0 Å². The third-order valence-electron chi connectivity index (χ3n) is 4.19. The van der Waals surface area contributed by atoms with E-state index >= 15 is 0 Å². The Labute approximate surface area is 129 Å². The Balaban J connectivity index is 1.84. The number of thiophene rings is 1. The lowest BCUT2D eigenvalue weighted by molar-refractivity contribution is -0.153. The van der Waals surface area contributed by atoms with Crippen LogP contribution in [-0.4, -0.2) is 41.5 Å². The summed E-state index contributed by atoms with van der Waals surface area (Å²) in [6.45, 7) is 3.99. The lowest BCUT2D eigenvalue weighted by Crippen LogP contribution is -2.50. The maximum Gasteiger partial charge on any atom is 0.310 e. The molecule has 1 aliphatic rings. The summed E-state index contributed by atoms with van der Waals surface area (Å²) in [5.41, 5.74) is -0.688. The number of carboxylic acid groups (broad SMARTS) is 1. The van der Waals surface area contributed by atoms with Crippen LogP contribution >= 0.6 is 11.3 Å². The van der Waals surface area contributed by atoms with Gasteiger partial charge in [0.2, 0.25) is 5.91 Å². The van der Waals surface area contributed by atoms with E-state index in [0.717, 1.165) is 17.8 Å². The molecule has 2 N–H and O–H groups in total. The van der Waals surface area contributed by atoms with E-state index in [1.807, 2.05) is 29.3 Å². The zero-order chi connectivity index (χ0) is 15.3. The first-order chi connectivity index (χ1) is 10.1. The molecule has 1 amide bonds. The van der Waals surface area contributed by atoms with Gasteiger partial charge in [0.1, 0.15) is 0 Å². The van der Waals surface area contributed by atoms with Crippen LogP contribution in [0, 0.1) is 5.41 Å². The van der Waals surface area contributed by atoms with Gasteiger partial charge in [0.25, 0.3) is 0 Å². The van der Waals surface area contributed by atoms with E-state index in [0.29, 0.717) is 25.9 Å². The van der Waals surface area contributed by atoms with Crippen LogP contribution in [0.2, 0.25) is 0 Å². The number of aliphatic carboxylic acids is 1. The van der Waals surface area contributed by atoms with E-state index in [9.17, 15) is 14.7 Å². The van der Waals surface area contributed by atoms with Gasteiger partial charge in [-0.2, -0.15) is 0 Å². The maximum atomic E-state index is 12.0. The number of carbonyl (C=O) groups is 2. The van der Waals surface area contributed by atoms with Crippen molar-refractivity contribution in [2.75, 3.05) is 19.6 Å². The molecule has 1 aromatic heterocycles. The number of amides is 1. The average Bonchev–Trinajstić information content (AvgIpc) is 2.98. The van der Waals surface area contributed by atoms with E-state index in [4.69, 9.17) is 0 Å². The van der Waals surface area contributed by atoms with Crippen LogP contribution in [0.5, 0.6) is 0 Å². The minimum Gasteiger partial charge on any atom is -0.481 e. The van der Waals surface area contributed by atoms with Crippen LogP contribution in [0.15, 0.2) is 17.5 Å². The van der Waals surface area contributed by atoms with E-state index in [1.54, 1.807) is 11.3 Å². The summed E-state index contributed by atoms with van der Waals surface area (Å²) in [7, 11) is 0. The molecule has 116 valence electrons. The van der Waals surface area contributed by atoms with Crippen LogP contribution < -0.4 is 5.32 Å². The molecule has 0 aromatic carbocycles. The fourth-order valence-electron chi connectivity index (χ4n) is 2.83. The second-order valence-corrected chi connectivity index (χ2v) is 6.64. The topological polar surface area (TPSA) is 69.6 Å². The van der Waals surface area contributed by atoms with Crippen molar-refractivity contribution in [1.82, 2.24) is 10.2 Å². The van der Waals surface area contributed by atoms with Crippen molar-refractivity contribution in [1.29, 1.82) is 0 Å². The highest BCUT2D eigenvalue weighted by Crippen LogP contribution is 2.33. The van der Waals surface area contributed by atoms with Crippen molar-refractivity contribution in [3.05, 3.63) is 22.4 Å². The number of likely N-dealkylation sites (tertiary alicyclic amines) is 1. The number of hydrogen-bond donors (Lipinski definition) is 2. The largest absolute Gasteiger partial charge is 0.481 e. The molecule has 5 nitrogen and oxygen atoms in total. The molecule has 0 aliphatic carbocycles. The van der Waals surface area contributed by atoms with Gasteiger partial charge < -0.3 is 10.4 Å². The van der Waals surface area contributed by atoms with E-state index < -0.39 is 11.4 Å². The van der Waals surface area contributed by atoms with Crippen molar-refractivity contribution >= 4 is 23.2 Å². The normalized spacial score (nSPS) is 22.9. The summed E-state index contributed by atoms with van der Waals surface area (Å²) in [6, 6.07) is 3.94. The van der Waals surface area contributed by atoms with Crippen LogP contribution in [-0.2, 0) is 16.1 Å². The first-order valence-electron chi connectivity index (χ1n) is 7.30. The molecule has 0 saturated carbocycles. The Morgan fingerprint density at radius 3 is 2.95 bits per heavy atom. The second kappa shape index (κ2) is 7.04. The van der Waals surface area contributed by atoms with Gasteiger partial charge in [-0.1, -0.05) is 13.0 Å². The summed E-state index contributed by atoms with van der Waals surface area (Å²) in [4.78, 5) is 26.6. The summed E-state index contributed by atoms with van der Waals surface area (Å²) < 4.78 is 0. The van der Waals surface area contributed by atoms with Crippen molar-refractivity contribution in [3.8, 4) is 0 Å². The van der Waals surface area contributed by atoms with E-state index in [-0.39, 0.29) is 12.5 Å². The molecule has 1 aromatic rings. The lowest BCUT2D eigenvalue weighted by atomic mass is 9.77. The molecule has 2 heterocycles. The predicted molar refractivity (Wildman–Crippen MR) is 82.2 cm³/mol. The van der Waals surface area contributed by atoms with Crippen LogP contribution in [0.3, 0.4) is 0 Å². The third-order valence-corrected chi connectivity index (χ3v) is 5.07. The first kappa shape index (κ1) is 16.0. The molecule has 0 bridgehead atoms. The standard InChI is InChI=1S/C15H22N2O3S/c1-2-15(14(19)20)6-4-7-17(11-15)10-13(18)16-9-12-5-3-8-21-12/h3,5,8H,2,4,6-7,9-11H2,1H3,(H,16,18)(H,19,20). The maximum absolute atomic E-state index is 12.0. The Kier molecular flexibility index (Phi) is 5.36. The molecule has 21 heavy (non-hydrogen) atoms. The molecule has 2 rings (SSSR count). The van der Waals surface area contributed by atoms with Gasteiger partial charge in [-0.3, -0.25) is 14.5 Å². The van der Waals surface area contributed by atoms with Crippen LogP contribution in [0.1, 0.15) is 31.1 Å². The zero-order valence-corrected chi connectivity index (χ0v) is 13.1. The quantitative estimate of drug-likeness (QED) is 0.842. The zero-order valence-electron chi connectivity index (χ0n) is 12.3. The lowest BCUT2D eigenvalue weighted by Gasteiger charge is -2.39. The van der Waals surface area contributed by atoms with Crippen molar-refractivity contribution in [2.24, 2.45) is 5.41 Å². The minimum absolute atomic E-state index is 0.0410. The molecular formula is C15H22N2O3S. The highest BCUT2D eigenvalue weighted by Gasteiger charge is 2.40. The second-order valence-electron chi connectivity index (χ2n) is 5.61. The van der Waals surface area contributed by atoms with Gasteiger partial charge in [-0.25, -0.2) is 0 Å². The van der Waals surface area contributed by atoms with Crippen molar-refractivity contribution in [3.63, 3.8) is 0 Å². The van der Waals surface area contributed by atoms with Gasteiger partial charge >= 0.3 is 5.97 Å². The Hall–Kier alpha value is -1.40. The van der Waals surface area contributed by atoms with Gasteiger partial charge in [0, 0.05) is 11.4 Å². The Morgan fingerprint density at radius 1 is 1.52 bits per heavy atom. The van der Waals surface area contributed by atoms with Crippen molar-refractivity contribution < 1.29 is 14.7 Å². The minimum atomic E-state index is -0.742. The van der Waals surface area contributed by atoms with Crippen LogP contribution in [0.4, 0.5) is 0 Å². The highest BCUT2D eigenvalue weighted by atomic mass is 32.1. The van der Waals surface area contributed by atoms with E-state index in [2.05, 4.69) is 5.32 Å². The molecule has 1 atom stereocenters. The smallest absolute Gasteiger partial charge is 0.310 e. The highest BCUT2D eigenvalue weighted by molar-refractivity contribution is 7.09. The molecule has 1 fully saturated rings. The average molecular weight is 310 g/mol. The molecule has 0 spiro atoms. The number of piperidine rings is 1. The van der Waals surface area contributed by atoms with E-state index in [1.165, 1.54) is 0 Å². The molecule has 1 aliphatic heterocycles. The summed E-state index contributed by atoms with van der Waals surface area (Å²) in [5.74, 6) is -0.783. The summed E-state index contributed by atoms with van der Waals surface area (Å²) in [5, 5.41) is 14.3. The fraction of sp³-hybridized carbons (Fsp3) is 0.600. The van der Waals surface area contributed by atoms with Gasteiger partial charge in [0.05, 0.1) is 18.5 Å². The Morgan fingerprint density at radius 2 is 2.33 bits per heavy atom. The number of nitrogens with zero attached hydrogens (tertiary/aromatic N) is 1. The first-order valence-corrected chi connectivity index (χ1v) is 8.18. The number of nitrogens with one attached hydrogen (secondary N) is 1. The molecular weight excluding hydrogens is 288 g/mol. The number of carbonyl (C=O) groups excluding carboxylic acids is 1. The molecule has 1 saturated heterocycles. The van der Waals surface area contributed by atoms with Gasteiger partial charge in [0.15, 0.2) is 0 Å². The van der Waals surface area contributed by atoms with Gasteiger partial charge in [-0.05, 0) is 37.3 Å². The fourth-order valence-corrected chi connectivity index (χ4v) is 3.48. The summed E-state index contributed by atoms with van der Waals surface area (Å²) in [6.07, 6.45) is 2.14. The SMILES string of the molecule is CCC1(C(=O)O)CCCN(CC(=O)NCc2cccs2)C1. The Bertz CT molecular complexity index is 489. The third kappa shape index (κ3) is 4.04. The molecule has 1 unspecified atom stereocenters. The number of rotatable bonds is 6. The van der Waals surface area contributed by atoms with Gasteiger partial charge in [-0.15, -0.1) is 11.3 Å². The summed E-state index contributed by atoms with van der Waals surface area (Å²) >= 11 is 1.61. The molecule has 6 heteroatoms. The number of carboxylic acids is 1. The van der Waals surface area contributed by atoms with Crippen molar-refractivity contribution in [2.45, 2.75) is 32.7 Å².